The fourth-order valence-corrected chi connectivity index (χ4v) is 3.67. The molecule has 1 aliphatic rings. The van der Waals surface area contributed by atoms with Gasteiger partial charge in [-0.1, -0.05) is 35.9 Å². The minimum absolute atomic E-state index is 0.154. The van der Waals surface area contributed by atoms with Crippen molar-refractivity contribution in [2.45, 2.75) is 13.3 Å². The number of benzene rings is 2. The van der Waals surface area contributed by atoms with Gasteiger partial charge in [-0.3, -0.25) is 9.69 Å². The summed E-state index contributed by atoms with van der Waals surface area (Å²) >= 11 is 0. The van der Waals surface area contributed by atoms with E-state index in [1.807, 2.05) is 36.1 Å². The summed E-state index contributed by atoms with van der Waals surface area (Å²) in [4.78, 5) is 20.4. The highest BCUT2D eigenvalue weighted by atomic mass is 16.2. The highest BCUT2D eigenvalue weighted by Crippen LogP contribution is 2.18. The molecule has 4 nitrogen and oxygen atoms in total. The summed E-state index contributed by atoms with van der Waals surface area (Å²) in [6, 6.07) is 16.3. The summed E-state index contributed by atoms with van der Waals surface area (Å²) < 4.78 is 0. The molecule has 1 fully saturated rings. The normalized spacial score (nSPS) is 15.5. The molecule has 26 heavy (non-hydrogen) atoms. The van der Waals surface area contributed by atoms with Crippen LogP contribution in [-0.2, 0) is 6.42 Å². The molecule has 1 N–H and O–H groups in total. The van der Waals surface area contributed by atoms with Crippen molar-refractivity contribution < 1.29 is 4.79 Å². The molecule has 0 radical (unpaired) electrons. The zero-order valence-electron chi connectivity index (χ0n) is 15.2. The number of piperazine rings is 1. The second-order valence-electron chi connectivity index (χ2n) is 7.11. The SMILES string of the molecule is Cc1ccc(C(=O)N2CCN(CCc3c[nH]c4ccccc34)CC2)cc1. The number of amides is 1. The van der Waals surface area contributed by atoms with Crippen molar-refractivity contribution in [1.29, 1.82) is 0 Å². The van der Waals surface area contributed by atoms with E-state index in [-0.39, 0.29) is 5.91 Å². The van der Waals surface area contributed by atoms with Crippen LogP contribution in [0.3, 0.4) is 0 Å². The van der Waals surface area contributed by atoms with Crippen LogP contribution in [0.4, 0.5) is 0 Å². The minimum atomic E-state index is 0.154. The molecule has 134 valence electrons. The summed E-state index contributed by atoms with van der Waals surface area (Å²) in [5, 5.41) is 1.32. The van der Waals surface area contributed by atoms with Crippen LogP contribution >= 0.6 is 0 Å². The number of nitrogens with zero attached hydrogens (tertiary/aromatic N) is 2. The highest BCUT2D eigenvalue weighted by Gasteiger charge is 2.22. The Hall–Kier alpha value is -2.59. The molecule has 2 aromatic carbocycles. The van der Waals surface area contributed by atoms with E-state index in [2.05, 4.69) is 40.3 Å². The van der Waals surface area contributed by atoms with Gasteiger partial charge in [0, 0.05) is 55.4 Å². The first-order valence-corrected chi connectivity index (χ1v) is 9.34. The minimum Gasteiger partial charge on any atom is -0.361 e. The average molecular weight is 347 g/mol. The molecule has 0 unspecified atom stereocenters. The number of aryl methyl sites for hydroxylation is 1. The molecule has 0 atom stereocenters. The summed E-state index contributed by atoms with van der Waals surface area (Å²) in [6.45, 7) is 6.58. The third kappa shape index (κ3) is 3.51. The lowest BCUT2D eigenvalue weighted by molar-refractivity contribution is 0.0638. The van der Waals surface area contributed by atoms with Gasteiger partial charge in [0.25, 0.3) is 5.91 Å². The lowest BCUT2D eigenvalue weighted by Crippen LogP contribution is -2.49. The first-order chi connectivity index (χ1) is 12.7. The number of para-hydroxylation sites is 1. The molecule has 1 amide bonds. The Morgan fingerprint density at radius 1 is 1.00 bits per heavy atom. The topological polar surface area (TPSA) is 39.3 Å². The van der Waals surface area contributed by atoms with Gasteiger partial charge in [0.15, 0.2) is 0 Å². The lowest BCUT2D eigenvalue weighted by atomic mass is 10.1. The van der Waals surface area contributed by atoms with Crippen LogP contribution < -0.4 is 0 Å². The van der Waals surface area contributed by atoms with Gasteiger partial charge in [-0.25, -0.2) is 0 Å². The summed E-state index contributed by atoms with van der Waals surface area (Å²) in [7, 11) is 0. The van der Waals surface area contributed by atoms with Crippen LogP contribution in [-0.4, -0.2) is 53.4 Å². The number of aromatic nitrogens is 1. The lowest BCUT2D eigenvalue weighted by Gasteiger charge is -2.34. The zero-order chi connectivity index (χ0) is 17.9. The van der Waals surface area contributed by atoms with Gasteiger partial charge in [0.1, 0.15) is 0 Å². The Morgan fingerprint density at radius 3 is 2.50 bits per heavy atom. The summed E-state index contributed by atoms with van der Waals surface area (Å²) in [6.07, 6.45) is 3.16. The maximum absolute atomic E-state index is 12.6. The summed E-state index contributed by atoms with van der Waals surface area (Å²) in [5.41, 5.74) is 4.56. The third-order valence-corrected chi connectivity index (χ3v) is 5.33. The standard InChI is InChI=1S/C22H25N3O/c1-17-6-8-18(9-7-17)22(26)25-14-12-24(13-15-25)11-10-19-16-23-21-5-3-2-4-20(19)21/h2-9,16,23H,10-15H2,1H3. The first-order valence-electron chi connectivity index (χ1n) is 9.34. The Morgan fingerprint density at radius 2 is 1.73 bits per heavy atom. The maximum atomic E-state index is 12.6. The predicted octanol–water partition coefficient (Wildman–Crippen LogP) is 3.48. The monoisotopic (exact) mass is 347 g/mol. The number of rotatable bonds is 4. The molecule has 0 aliphatic carbocycles. The number of H-pyrrole nitrogens is 1. The number of hydrogen-bond donors (Lipinski definition) is 1. The van der Waals surface area contributed by atoms with Crippen LogP contribution in [0, 0.1) is 6.92 Å². The van der Waals surface area contributed by atoms with E-state index in [1.54, 1.807) is 0 Å². The van der Waals surface area contributed by atoms with Gasteiger partial charge in [0.05, 0.1) is 0 Å². The average Bonchev–Trinajstić information content (AvgIpc) is 3.10. The van der Waals surface area contributed by atoms with Crippen LogP contribution in [0.5, 0.6) is 0 Å². The van der Waals surface area contributed by atoms with E-state index in [0.717, 1.165) is 44.7 Å². The van der Waals surface area contributed by atoms with Gasteiger partial charge in [-0.2, -0.15) is 0 Å². The van der Waals surface area contributed by atoms with E-state index in [1.165, 1.54) is 22.0 Å². The maximum Gasteiger partial charge on any atom is 0.253 e. The smallest absolute Gasteiger partial charge is 0.253 e. The Kier molecular flexibility index (Phi) is 4.76. The molecule has 0 saturated carbocycles. The highest BCUT2D eigenvalue weighted by molar-refractivity contribution is 5.94. The van der Waals surface area contributed by atoms with Gasteiger partial charge in [0.2, 0.25) is 0 Å². The number of carbonyl (C=O) groups is 1. The van der Waals surface area contributed by atoms with Crippen molar-refractivity contribution in [1.82, 2.24) is 14.8 Å². The molecule has 1 saturated heterocycles. The van der Waals surface area contributed by atoms with Gasteiger partial charge >= 0.3 is 0 Å². The number of nitrogens with one attached hydrogen (secondary N) is 1. The van der Waals surface area contributed by atoms with E-state index in [4.69, 9.17) is 0 Å². The largest absolute Gasteiger partial charge is 0.361 e. The molecule has 0 bridgehead atoms. The quantitative estimate of drug-likeness (QED) is 0.785. The molecular formula is C22H25N3O. The fraction of sp³-hybridized carbons (Fsp3) is 0.318. The van der Waals surface area contributed by atoms with Crippen molar-refractivity contribution in [3.8, 4) is 0 Å². The third-order valence-electron chi connectivity index (χ3n) is 5.33. The molecule has 4 heteroatoms. The molecule has 4 rings (SSSR count). The molecule has 1 aliphatic heterocycles. The Bertz CT molecular complexity index is 889. The van der Waals surface area contributed by atoms with Crippen molar-refractivity contribution in [3.63, 3.8) is 0 Å². The van der Waals surface area contributed by atoms with Crippen molar-refractivity contribution >= 4 is 16.8 Å². The Balaban J connectivity index is 1.31. The van der Waals surface area contributed by atoms with Crippen molar-refractivity contribution in [2.75, 3.05) is 32.7 Å². The van der Waals surface area contributed by atoms with E-state index in [0.29, 0.717) is 0 Å². The first kappa shape index (κ1) is 16.9. The molecule has 0 spiro atoms. The van der Waals surface area contributed by atoms with Crippen molar-refractivity contribution in [3.05, 3.63) is 71.4 Å². The van der Waals surface area contributed by atoms with Crippen LogP contribution in [0.1, 0.15) is 21.5 Å². The number of carbonyl (C=O) groups excluding carboxylic acids is 1. The van der Waals surface area contributed by atoms with E-state index >= 15 is 0 Å². The zero-order valence-corrected chi connectivity index (χ0v) is 15.2. The fourth-order valence-electron chi connectivity index (χ4n) is 3.67. The molecule has 1 aromatic heterocycles. The van der Waals surface area contributed by atoms with Gasteiger partial charge in [-0.15, -0.1) is 0 Å². The second-order valence-corrected chi connectivity index (χ2v) is 7.11. The van der Waals surface area contributed by atoms with E-state index < -0.39 is 0 Å². The van der Waals surface area contributed by atoms with Gasteiger partial charge in [-0.05, 0) is 37.1 Å². The molecule has 2 heterocycles. The van der Waals surface area contributed by atoms with Crippen LogP contribution in [0.15, 0.2) is 54.7 Å². The summed E-state index contributed by atoms with van der Waals surface area (Å²) in [5.74, 6) is 0.154. The van der Waals surface area contributed by atoms with Crippen LogP contribution in [0.25, 0.3) is 10.9 Å². The number of hydrogen-bond acceptors (Lipinski definition) is 2. The van der Waals surface area contributed by atoms with E-state index in [9.17, 15) is 4.79 Å². The molecule has 3 aromatic rings. The Labute approximate surface area is 154 Å². The van der Waals surface area contributed by atoms with Gasteiger partial charge < -0.3 is 9.88 Å². The molecular weight excluding hydrogens is 322 g/mol. The number of aromatic amines is 1. The number of fused-ring (bicyclic) bond motifs is 1. The second kappa shape index (κ2) is 7.34. The predicted molar refractivity (Wildman–Crippen MR) is 106 cm³/mol. The van der Waals surface area contributed by atoms with Crippen molar-refractivity contribution in [2.24, 2.45) is 0 Å². The van der Waals surface area contributed by atoms with Crippen LogP contribution in [0.2, 0.25) is 0 Å².